The monoisotopic (exact) mass is 255 g/mol. The zero-order valence-corrected chi connectivity index (χ0v) is 9.49. The zero-order valence-electron chi connectivity index (χ0n) is 8.74. The first-order chi connectivity index (χ1) is 8.15. The lowest BCUT2D eigenvalue weighted by Crippen LogP contribution is -2.56. The Labute approximate surface area is 102 Å². The number of rotatable bonds is 2. The lowest BCUT2D eigenvalue weighted by molar-refractivity contribution is -0.124. The van der Waals surface area contributed by atoms with Gasteiger partial charge < -0.3 is 10.6 Å². The van der Waals surface area contributed by atoms with E-state index in [1.54, 1.807) is 6.07 Å². The molecule has 2 heterocycles. The summed E-state index contributed by atoms with van der Waals surface area (Å²) in [6.07, 6.45) is 0. The lowest BCUT2D eigenvalue weighted by Gasteiger charge is -2.22. The molecule has 17 heavy (non-hydrogen) atoms. The van der Waals surface area contributed by atoms with Crippen molar-refractivity contribution in [1.82, 2.24) is 20.8 Å². The van der Waals surface area contributed by atoms with Gasteiger partial charge in [0.25, 0.3) is 0 Å². The van der Waals surface area contributed by atoms with Crippen LogP contribution in [0.3, 0.4) is 0 Å². The number of nitrogens with zero attached hydrogens (tertiary/aromatic N) is 2. The molecule has 90 valence electrons. The minimum atomic E-state index is -0.467. The number of piperazine rings is 1. The molecule has 2 amide bonds. The standard InChI is InChI=1S/C9H10ClN5O2/c10-6-1-2-7(15-14-6)13-9(17)5-3-12-8(16)4-11-5/h1-2,5,11H,3-4H2,(H,12,16)(H,13,15,17). The molecule has 1 fully saturated rings. The molecule has 0 radical (unpaired) electrons. The van der Waals surface area contributed by atoms with Crippen molar-refractivity contribution in [2.24, 2.45) is 0 Å². The molecule has 0 bridgehead atoms. The van der Waals surface area contributed by atoms with E-state index in [9.17, 15) is 9.59 Å². The summed E-state index contributed by atoms with van der Waals surface area (Å²) in [7, 11) is 0. The Hall–Kier alpha value is -1.73. The fourth-order valence-corrected chi connectivity index (χ4v) is 1.45. The van der Waals surface area contributed by atoms with Crippen LogP contribution in [0.2, 0.25) is 5.15 Å². The zero-order chi connectivity index (χ0) is 12.3. The van der Waals surface area contributed by atoms with Gasteiger partial charge in [-0.3, -0.25) is 14.9 Å². The Morgan fingerprint density at radius 3 is 2.88 bits per heavy atom. The Kier molecular flexibility index (Phi) is 3.50. The van der Waals surface area contributed by atoms with Crippen LogP contribution in [0.5, 0.6) is 0 Å². The van der Waals surface area contributed by atoms with Gasteiger partial charge in [0.15, 0.2) is 11.0 Å². The summed E-state index contributed by atoms with van der Waals surface area (Å²) >= 11 is 5.57. The van der Waals surface area contributed by atoms with Gasteiger partial charge in [-0.2, -0.15) is 0 Å². The predicted molar refractivity (Wildman–Crippen MR) is 60.5 cm³/mol. The third kappa shape index (κ3) is 3.11. The van der Waals surface area contributed by atoms with Gasteiger partial charge in [0.1, 0.15) is 6.04 Å². The smallest absolute Gasteiger partial charge is 0.244 e. The Morgan fingerprint density at radius 2 is 2.29 bits per heavy atom. The average Bonchev–Trinajstić information content (AvgIpc) is 2.33. The first-order valence-corrected chi connectivity index (χ1v) is 5.33. The van der Waals surface area contributed by atoms with Gasteiger partial charge in [-0.25, -0.2) is 0 Å². The maximum absolute atomic E-state index is 11.7. The van der Waals surface area contributed by atoms with E-state index in [0.717, 1.165) is 0 Å². The molecule has 7 nitrogen and oxygen atoms in total. The van der Waals surface area contributed by atoms with E-state index in [2.05, 4.69) is 26.1 Å². The molecule has 1 atom stereocenters. The minimum Gasteiger partial charge on any atom is -0.353 e. The molecule has 1 saturated heterocycles. The van der Waals surface area contributed by atoms with Crippen LogP contribution in [-0.2, 0) is 9.59 Å². The topological polar surface area (TPSA) is 96.0 Å². The van der Waals surface area contributed by atoms with E-state index in [0.29, 0.717) is 5.82 Å². The Morgan fingerprint density at radius 1 is 1.47 bits per heavy atom. The van der Waals surface area contributed by atoms with Crippen LogP contribution >= 0.6 is 11.6 Å². The SMILES string of the molecule is O=C1CNC(C(=O)Nc2ccc(Cl)nn2)CN1. The summed E-state index contributed by atoms with van der Waals surface area (Å²) in [6.45, 7) is 0.385. The number of aromatic nitrogens is 2. The molecule has 1 aromatic heterocycles. The highest BCUT2D eigenvalue weighted by Gasteiger charge is 2.23. The second kappa shape index (κ2) is 5.07. The highest BCUT2D eigenvalue weighted by Crippen LogP contribution is 2.06. The third-order valence-corrected chi connectivity index (χ3v) is 2.41. The molecular weight excluding hydrogens is 246 g/mol. The molecule has 3 N–H and O–H groups in total. The molecule has 0 spiro atoms. The molecule has 1 unspecified atom stereocenters. The fourth-order valence-electron chi connectivity index (χ4n) is 1.35. The van der Waals surface area contributed by atoms with Crippen LogP contribution in [0.25, 0.3) is 0 Å². The van der Waals surface area contributed by atoms with Crippen LogP contribution in [0.15, 0.2) is 12.1 Å². The van der Waals surface area contributed by atoms with E-state index < -0.39 is 6.04 Å². The molecular formula is C9H10ClN5O2. The molecule has 1 aromatic rings. The van der Waals surface area contributed by atoms with Crippen molar-refractivity contribution in [3.8, 4) is 0 Å². The van der Waals surface area contributed by atoms with Crippen molar-refractivity contribution in [2.75, 3.05) is 18.4 Å². The van der Waals surface area contributed by atoms with E-state index in [-0.39, 0.29) is 30.1 Å². The first-order valence-electron chi connectivity index (χ1n) is 4.95. The minimum absolute atomic E-state index is 0.125. The van der Waals surface area contributed by atoms with Crippen molar-refractivity contribution in [3.05, 3.63) is 17.3 Å². The van der Waals surface area contributed by atoms with Crippen molar-refractivity contribution in [3.63, 3.8) is 0 Å². The van der Waals surface area contributed by atoms with Crippen LogP contribution < -0.4 is 16.0 Å². The molecule has 1 aliphatic rings. The van der Waals surface area contributed by atoms with E-state index in [4.69, 9.17) is 11.6 Å². The van der Waals surface area contributed by atoms with Gasteiger partial charge >= 0.3 is 0 Å². The Bertz CT molecular complexity index is 426. The fraction of sp³-hybridized carbons (Fsp3) is 0.333. The summed E-state index contributed by atoms with van der Waals surface area (Å²) in [5, 5.41) is 15.5. The number of carbonyl (C=O) groups excluding carboxylic acids is 2. The third-order valence-electron chi connectivity index (χ3n) is 2.21. The number of anilines is 1. The molecule has 1 aliphatic heterocycles. The second-order valence-corrected chi connectivity index (χ2v) is 3.86. The summed E-state index contributed by atoms with van der Waals surface area (Å²) in [5.41, 5.74) is 0. The van der Waals surface area contributed by atoms with Gasteiger partial charge in [0.05, 0.1) is 6.54 Å². The van der Waals surface area contributed by atoms with E-state index in [1.165, 1.54) is 6.07 Å². The largest absolute Gasteiger partial charge is 0.353 e. The number of hydrogen-bond acceptors (Lipinski definition) is 5. The molecule has 0 aromatic carbocycles. The lowest BCUT2D eigenvalue weighted by atomic mass is 10.2. The van der Waals surface area contributed by atoms with Crippen LogP contribution in [0.4, 0.5) is 5.82 Å². The number of nitrogens with one attached hydrogen (secondary N) is 3. The van der Waals surface area contributed by atoms with Crippen LogP contribution in [0, 0.1) is 0 Å². The van der Waals surface area contributed by atoms with Crippen molar-refractivity contribution in [2.45, 2.75) is 6.04 Å². The maximum atomic E-state index is 11.7. The van der Waals surface area contributed by atoms with Crippen molar-refractivity contribution < 1.29 is 9.59 Å². The van der Waals surface area contributed by atoms with Gasteiger partial charge in [0, 0.05) is 6.54 Å². The summed E-state index contributed by atoms with van der Waals surface area (Å²) in [6, 6.07) is 2.61. The summed E-state index contributed by atoms with van der Waals surface area (Å²) in [5.74, 6) is -0.0833. The van der Waals surface area contributed by atoms with Gasteiger partial charge in [-0.05, 0) is 12.1 Å². The van der Waals surface area contributed by atoms with Crippen LogP contribution in [-0.4, -0.2) is 41.1 Å². The average molecular weight is 256 g/mol. The van der Waals surface area contributed by atoms with Gasteiger partial charge in [-0.15, -0.1) is 10.2 Å². The number of amides is 2. The predicted octanol–water partition coefficient (Wildman–Crippen LogP) is -0.843. The number of hydrogen-bond donors (Lipinski definition) is 3. The molecule has 0 saturated carbocycles. The second-order valence-electron chi connectivity index (χ2n) is 3.47. The van der Waals surface area contributed by atoms with E-state index >= 15 is 0 Å². The Balaban J connectivity index is 1.92. The van der Waals surface area contributed by atoms with Gasteiger partial charge in [0.2, 0.25) is 11.8 Å². The van der Waals surface area contributed by atoms with Crippen LogP contribution in [0.1, 0.15) is 0 Å². The van der Waals surface area contributed by atoms with Crippen molar-refractivity contribution >= 4 is 29.2 Å². The van der Waals surface area contributed by atoms with Crippen molar-refractivity contribution in [1.29, 1.82) is 0 Å². The molecule has 8 heteroatoms. The normalized spacial score (nSPS) is 19.6. The van der Waals surface area contributed by atoms with Gasteiger partial charge in [-0.1, -0.05) is 11.6 Å². The molecule has 2 rings (SSSR count). The number of halogens is 1. The van der Waals surface area contributed by atoms with E-state index in [1.807, 2.05) is 0 Å². The first kappa shape index (κ1) is 11.7. The molecule has 0 aliphatic carbocycles. The maximum Gasteiger partial charge on any atom is 0.244 e. The number of carbonyl (C=O) groups is 2. The summed E-state index contributed by atoms with van der Waals surface area (Å²) in [4.78, 5) is 22.6. The quantitative estimate of drug-likeness (QED) is 0.640. The summed E-state index contributed by atoms with van der Waals surface area (Å²) < 4.78 is 0. The highest BCUT2D eigenvalue weighted by atomic mass is 35.5. The highest BCUT2D eigenvalue weighted by molar-refractivity contribution is 6.29.